The summed E-state index contributed by atoms with van der Waals surface area (Å²) in [5.74, 6) is -0.313. The van der Waals surface area contributed by atoms with Crippen molar-refractivity contribution in [3.8, 4) is 0 Å². The van der Waals surface area contributed by atoms with Crippen molar-refractivity contribution in [3.05, 3.63) is 46.0 Å². The van der Waals surface area contributed by atoms with Crippen molar-refractivity contribution in [3.63, 3.8) is 0 Å². The van der Waals surface area contributed by atoms with E-state index in [1.165, 1.54) is 22.2 Å². The second-order valence-corrected chi connectivity index (χ2v) is 9.75. The highest BCUT2D eigenvalue weighted by molar-refractivity contribution is 7.22. The number of benzene rings is 1. The van der Waals surface area contributed by atoms with Gasteiger partial charge >= 0.3 is 0 Å². The average molecular weight is 483 g/mol. The molecule has 1 aliphatic heterocycles. The first kappa shape index (κ1) is 23.9. The van der Waals surface area contributed by atoms with Crippen LogP contribution in [0.3, 0.4) is 0 Å². The second-order valence-electron chi connectivity index (χ2n) is 8.77. The van der Waals surface area contributed by atoms with Gasteiger partial charge in [0.2, 0.25) is 11.8 Å². The van der Waals surface area contributed by atoms with E-state index in [2.05, 4.69) is 25.5 Å². The minimum Gasteiger partial charge on any atom is -0.356 e. The van der Waals surface area contributed by atoms with Crippen LogP contribution in [0.5, 0.6) is 0 Å². The molecule has 0 aliphatic carbocycles. The number of carbonyl (C=O) groups excluding carboxylic acids is 2. The van der Waals surface area contributed by atoms with Gasteiger partial charge in [0.25, 0.3) is 5.56 Å². The molecule has 3 aromatic rings. The number of thiazole rings is 1. The van der Waals surface area contributed by atoms with Crippen molar-refractivity contribution >= 4 is 44.3 Å². The number of hydrogen-bond donors (Lipinski definition) is 2. The van der Waals surface area contributed by atoms with Gasteiger partial charge in [0.15, 0.2) is 10.8 Å². The van der Waals surface area contributed by atoms with Crippen LogP contribution in [0.15, 0.2) is 29.3 Å². The fourth-order valence-electron chi connectivity index (χ4n) is 4.06. The minimum absolute atomic E-state index is 0.0722. The number of fused-ring (bicyclic) bond motifs is 1. The van der Waals surface area contributed by atoms with E-state index in [9.17, 15) is 14.4 Å². The highest BCUT2D eigenvalue weighted by Crippen LogP contribution is 2.29. The Bertz CT molecular complexity index is 1270. The Kier molecular flexibility index (Phi) is 7.26. The molecular formula is C24H30N6O3S. The van der Waals surface area contributed by atoms with Crippen LogP contribution < -0.4 is 21.1 Å². The number of hydrogen-bond acceptors (Lipinski definition) is 7. The summed E-state index contributed by atoms with van der Waals surface area (Å²) >= 11 is 1.27. The largest absolute Gasteiger partial charge is 0.356 e. The van der Waals surface area contributed by atoms with Crippen molar-refractivity contribution in [2.75, 3.05) is 29.9 Å². The van der Waals surface area contributed by atoms with Crippen LogP contribution in [0.2, 0.25) is 0 Å². The van der Waals surface area contributed by atoms with Gasteiger partial charge < -0.3 is 15.5 Å². The molecule has 9 nitrogen and oxygen atoms in total. The lowest BCUT2D eigenvalue weighted by Gasteiger charge is -2.31. The number of aromatic nitrogens is 3. The summed E-state index contributed by atoms with van der Waals surface area (Å²) < 4.78 is 1.72. The van der Waals surface area contributed by atoms with Crippen molar-refractivity contribution < 1.29 is 9.59 Å². The maximum atomic E-state index is 13.1. The third kappa shape index (κ3) is 5.27. The Morgan fingerprint density at radius 1 is 1.26 bits per heavy atom. The molecule has 0 spiro atoms. The zero-order valence-corrected chi connectivity index (χ0v) is 20.6. The fourth-order valence-corrected chi connectivity index (χ4v) is 5.06. The molecule has 180 valence electrons. The molecule has 2 N–H and O–H groups in total. The third-order valence-electron chi connectivity index (χ3n) is 5.97. The van der Waals surface area contributed by atoms with Crippen LogP contribution in [-0.4, -0.2) is 46.0 Å². The van der Waals surface area contributed by atoms with Crippen LogP contribution in [-0.2, 0) is 16.1 Å². The van der Waals surface area contributed by atoms with Gasteiger partial charge in [-0.3, -0.25) is 19.0 Å². The highest BCUT2D eigenvalue weighted by atomic mass is 32.1. The molecule has 2 amide bonds. The van der Waals surface area contributed by atoms with Gasteiger partial charge in [0, 0.05) is 25.3 Å². The summed E-state index contributed by atoms with van der Waals surface area (Å²) in [4.78, 5) is 49.0. The first-order valence-corrected chi connectivity index (χ1v) is 12.4. The summed E-state index contributed by atoms with van der Waals surface area (Å²) in [5, 5.41) is 6.54. The number of rotatable bonds is 7. The van der Waals surface area contributed by atoms with Crippen molar-refractivity contribution in [1.82, 2.24) is 19.9 Å². The Hall–Kier alpha value is -3.27. The van der Waals surface area contributed by atoms with E-state index >= 15 is 0 Å². The molecule has 2 aromatic heterocycles. The SMILES string of the molecule is CCCNC(=O)[C@H]1CCCN(c2nc3ncn(CC(=O)Nc4cc(C)ccc4C)c(=O)c3s2)C1. The van der Waals surface area contributed by atoms with Gasteiger partial charge in [-0.25, -0.2) is 4.98 Å². The number of carbonyl (C=O) groups is 2. The first-order chi connectivity index (χ1) is 16.4. The van der Waals surface area contributed by atoms with Gasteiger partial charge in [-0.15, -0.1) is 0 Å². The third-order valence-corrected chi connectivity index (χ3v) is 7.06. The molecule has 3 heterocycles. The molecule has 1 aromatic carbocycles. The van der Waals surface area contributed by atoms with E-state index in [0.717, 1.165) is 42.6 Å². The van der Waals surface area contributed by atoms with Gasteiger partial charge in [0.1, 0.15) is 17.6 Å². The van der Waals surface area contributed by atoms with Gasteiger partial charge in [-0.1, -0.05) is 30.4 Å². The molecule has 1 saturated heterocycles. The molecule has 1 fully saturated rings. The lowest BCUT2D eigenvalue weighted by Crippen LogP contribution is -2.43. The molecule has 10 heteroatoms. The lowest BCUT2D eigenvalue weighted by molar-refractivity contribution is -0.125. The molecule has 1 aliphatic rings. The van der Waals surface area contributed by atoms with Crippen LogP contribution in [0, 0.1) is 19.8 Å². The molecule has 0 bridgehead atoms. The van der Waals surface area contributed by atoms with E-state index in [1.807, 2.05) is 39.0 Å². The molecule has 1 atom stereocenters. The van der Waals surface area contributed by atoms with E-state index in [4.69, 9.17) is 0 Å². The van der Waals surface area contributed by atoms with Crippen molar-refractivity contribution in [2.45, 2.75) is 46.6 Å². The summed E-state index contributed by atoms with van der Waals surface area (Å²) in [6, 6.07) is 5.83. The minimum atomic E-state index is -0.293. The van der Waals surface area contributed by atoms with E-state index in [0.29, 0.717) is 28.6 Å². The second kappa shape index (κ2) is 10.3. The van der Waals surface area contributed by atoms with Crippen LogP contribution in [0.1, 0.15) is 37.3 Å². The number of piperidine rings is 1. The zero-order chi connectivity index (χ0) is 24.2. The van der Waals surface area contributed by atoms with Crippen molar-refractivity contribution in [2.24, 2.45) is 5.92 Å². The Labute approximate surface area is 202 Å². The van der Waals surface area contributed by atoms with Gasteiger partial charge in [-0.2, -0.15) is 4.98 Å². The fraction of sp³-hybridized carbons (Fsp3) is 0.458. The van der Waals surface area contributed by atoms with Gasteiger partial charge in [-0.05, 0) is 50.3 Å². The quantitative estimate of drug-likeness (QED) is 0.536. The van der Waals surface area contributed by atoms with E-state index < -0.39 is 0 Å². The number of aryl methyl sites for hydroxylation is 2. The summed E-state index contributed by atoms with van der Waals surface area (Å²) in [5.41, 5.74) is 2.80. The van der Waals surface area contributed by atoms with Crippen LogP contribution >= 0.6 is 11.3 Å². The highest BCUT2D eigenvalue weighted by Gasteiger charge is 2.27. The number of amides is 2. The molecule has 0 unspecified atom stereocenters. The maximum absolute atomic E-state index is 13.1. The molecule has 34 heavy (non-hydrogen) atoms. The summed E-state index contributed by atoms with van der Waals surface area (Å²) in [6.45, 7) is 7.81. The lowest BCUT2D eigenvalue weighted by atomic mass is 9.97. The molecular weight excluding hydrogens is 452 g/mol. The number of nitrogens with one attached hydrogen (secondary N) is 2. The average Bonchev–Trinajstić information content (AvgIpc) is 3.27. The van der Waals surface area contributed by atoms with Crippen molar-refractivity contribution in [1.29, 1.82) is 0 Å². The molecule has 0 saturated carbocycles. The van der Waals surface area contributed by atoms with E-state index in [1.54, 1.807) is 0 Å². The molecule has 4 rings (SSSR count). The topological polar surface area (TPSA) is 109 Å². The van der Waals surface area contributed by atoms with Crippen LogP contribution in [0.25, 0.3) is 10.3 Å². The smallest absolute Gasteiger partial charge is 0.273 e. The first-order valence-electron chi connectivity index (χ1n) is 11.6. The standard InChI is InChI=1S/C24H30N6O3S/c1-4-9-25-22(32)17-6-5-10-29(12-17)24-28-21-20(34-24)23(33)30(14-26-21)13-19(31)27-18-11-15(2)7-8-16(18)3/h7-8,11,14,17H,4-6,9-10,12-13H2,1-3H3,(H,25,32)(H,27,31)/t17-/m0/s1. The summed E-state index contributed by atoms with van der Waals surface area (Å²) in [7, 11) is 0. The molecule has 0 radical (unpaired) electrons. The monoisotopic (exact) mass is 482 g/mol. The Balaban J connectivity index is 1.49. The van der Waals surface area contributed by atoms with E-state index in [-0.39, 0.29) is 29.8 Å². The summed E-state index contributed by atoms with van der Waals surface area (Å²) in [6.07, 6.45) is 4.00. The van der Waals surface area contributed by atoms with Crippen LogP contribution in [0.4, 0.5) is 10.8 Å². The Morgan fingerprint density at radius 2 is 2.09 bits per heavy atom. The Morgan fingerprint density at radius 3 is 2.88 bits per heavy atom. The number of nitrogens with zero attached hydrogens (tertiary/aromatic N) is 4. The normalized spacial score (nSPS) is 16.0. The van der Waals surface area contributed by atoms with Gasteiger partial charge in [0.05, 0.1) is 5.92 Å². The number of anilines is 2. The predicted octanol–water partition coefficient (Wildman–Crippen LogP) is 2.85. The predicted molar refractivity (Wildman–Crippen MR) is 134 cm³/mol. The zero-order valence-electron chi connectivity index (χ0n) is 19.8. The maximum Gasteiger partial charge on any atom is 0.273 e.